The van der Waals surface area contributed by atoms with Crippen LogP contribution in [0.1, 0.15) is 0 Å². The topological polar surface area (TPSA) is 9.23 Å². The lowest BCUT2D eigenvalue weighted by Crippen LogP contribution is -1.85. The monoisotopic (exact) mass is 271 g/mol. The van der Waals surface area contributed by atoms with Crippen molar-refractivity contribution >= 4 is 34.8 Å². The molecule has 16 heavy (non-hydrogen) atoms. The summed E-state index contributed by atoms with van der Waals surface area (Å²) in [6.45, 7) is 0. The standard InChI is InChI=1S/C12H6Cl3O/c13-8-3-1-4-9(7-8)16-11-6-2-5-10(14)12(11)15/h1-6H. The maximum atomic E-state index is 5.98. The third-order valence-electron chi connectivity index (χ3n) is 1.87. The van der Waals surface area contributed by atoms with E-state index in [1.807, 2.05) is 0 Å². The number of hydrogen-bond acceptors (Lipinski definition) is 1. The Labute approximate surface area is 109 Å². The molecular weight excluding hydrogens is 266 g/mol. The Morgan fingerprint density at radius 2 is 1.69 bits per heavy atom. The van der Waals surface area contributed by atoms with Crippen molar-refractivity contribution < 1.29 is 4.74 Å². The van der Waals surface area contributed by atoms with Crippen molar-refractivity contribution in [1.82, 2.24) is 0 Å². The van der Waals surface area contributed by atoms with Crippen molar-refractivity contribution in [1.29, 1.82) is 0 Å². The summed E-state index contributed by atoms with van der Waals surface area (Å²) < 4.78 is 5.51. The molecule has 0 aromatic heterocycles. The van der Waals surface area contributed by atoms with Crippen LogP contribution >= 0.6 is 34.8 Å². The number of benzene rings is 2. The highest BCUT2D eigenvalue weighted by atomic mass is 35.5. The first-order valence-electron chi connectivity index (χ1n) is 4.46. The minimum absolute atomic E-state index is 0.373. The third kappa shape index (κ3) is 2.62. The largest absolute Gasteiger partial charge is 0.455 e. The van der Waals surface area contributed by atoms with Gasteiger partial charge in [0.2, 0.25) is 0 Å². The molecular formula is C12H6Cl3O. The lowest BCUT2D eigenvalue weighted by molar-refractivity contribution is 0.482. The second kappa shape index (κ2) is 4.96. The van der Waals surface area contributed by atoms with Crippen molar-refractivity contribution in [2.45, 2.75) is 0 Å². The molecule has 1 nitrogen and oxygen atoms in total. The van der Waals surface area contributed by atoms with Crippen LogP contribution in [0, 0.1) is 6.07 Å². The Kier molecular flexibility index (Phi) is 3.59. The quantitative estimate of drug-likeness (QED) is 0.726. The fourth-order valence-electron chi connectivity index (χ4n) is 1.16. The highest BCUT2D eigenvalue weighted by molar-refractivity contribution is 6.42. The van der Waals surface area contributed by atoms with Crippen LogP contribution in [0.15, 0.2) is 36.4 Å². The van der Waals surface area contributed by atoms with Crippen molar-refractivity contribution in [3.63, 3.8) is 0 Å². The Balaban J connectivity index is 2.31. The Morgan fingerprint density at radius 1 is 0.938 bits per heavy atom. The van der Waals surface area contributed by atoms with Gasteiger partial charge in [0.1, 0.15) is 16.5 Å². The summed E-state index contributed by atoms with van der Waals surface area (Å²) in [5, 5.41) is 1.30. The highest BCUT2D eigenvalue weighted by Crippen LogP contribution is 2.34. The van der Waals surface area contributed by atoms with E-state index in [1.54, 1.807) is 36.4 Å². The van der Waals surface area contributed by atoms with Gasteiger partial charge in [-0.3, -0.25) is 0 Å². The lowest BCUT2D eigenvalue weighted by Gasteiger charge is -2.07. The molecule has 1 radical (unpaired) electrons. The molecule has 0 unspecified atom stereocenters. The molecule has 0 saturated heterocycles. The first-order chi connectivity index (χ1) is 7.66. The Morgan fingerprint density at radius 3 is 2.44 bits per heavy atom. The molecule has 0 bridgehead atoms. The van der Waals surface area contributed by atoms with Crippen LogP contribution < -0.4 is 4.74 Å². The van der Waals surface area contributed by atoms with Crippen LogP contribution in [0.25, 0.3) is 0 Å². The predicted octanol–water partition coefficient (Wildman–Crippen LogP) is 5.24. The number of hydrogen-bond donors (Lipinski definition) is 0. The molecule has 0 aliphatic carbocycles. The second-order valence-electron chi connectivity index (χ2n) is 3.02. The van der Waals surface area contributed by atoms with Crippen LogP contribution in [-0.2, 0) is 0 Å². The van der Waals surface area contributed by atoms with Gasteiger partial charge in [-0.05, 0) is 24.3 Å². The maximum Gasteiger partial charge on any atom is 0.147 e. The molecule has 0 heterocycles. The Hall–Kier alpha value is -0.890. The molecule has 0 spiro atoms. The number of ether oxygens (including phenoxy) is 1. The minimum Gasteiger partial charge on any atom is -0.455 e. The van der Waals surface area contributed by atoms with E-state index < -0.39 is 0 Å². The molecule has 2 rings (SSSR count). The van der Waals surface area contributed by atoms with Gasteiger partial charge in [0.15, 0.2) is 0 Å². The van der Waals surface area contributed by atoms with Gasteiger partial charge in [-0.25, -0.2) is 0 Å². The molecule has 2 aromatic rings. The first-order valence-corrected chi connectivity index (χ1v) is 5.60. The molecule has 2 aromatic carbocycles. The fraction of sp³-hybridized carbons (Fsp3) is 0. The smallest absolute Gasteiger partial charge is 0.147 e. The first kappa shape index (κ1) is 11.6. The lowest BCUT2D eigenvalue weighted by atomic mass is 10.3. The highest BCUT2D eigenvalue weighted by Gasteiger charge is 2.06. The zero-order valence-electron chi connectivity index (χ0n) is 8.01. The summed E-state index contributed by atoms with van der Waals surface area (Å²) in [4.78, 5) is 0. The summed E-state index contributed by atoms with van der Waals surface area (Å²) in [6, 6.07) is 13.2. The van der Waals surface area contributed by atoms with Crippen molar-refractivity contribution in [2.24, 2.45) is 0 Å². The maximum absolute atomic E-state index is 5.98. The number of halogens is 3. The van der Waals surface area contributed by atoms with Crippen molar-refractivity contribution in [3.05, 3.63) is 57.5 Å². The van der Waals surface area contributed by atoms with Crippen LogP contribution in [-0.4, -0.2) is 0 Å². The molecule has 0 saturated carbocycles. The third-order valence-corrected chi connectivity index (χ3v) is 2.89. The summed E-state index contributed by atoms with van der Waals surface area (Å²) in [5.41, 5.74) is 0. The molecule has 4 heteroatoms. The summed E-state index contributed by atoms with van der Waals surface area (Å²) in [5.74, 6) is 0.976. The zero-order chi connectivity index (χ0) is 11.5. The van der Waals surface area contributed by atoms with E-state index in [0.29, 0.717) is 26.6 Å². The van der Waals surface area contributed by atoms with Crippen LogP contribution in [0.5, 0.6) is 11.5 Å². The normalized spacial score (nSPS) is 10.2. The van der Waals surface area contributed by atoms with E-state index in [1.165, 1.54) is 0 Å². The molecule has 0 atom stereocenters. The van der Waals surface area contributed by atoms with E-state index in [0.717, 1.165) is 0 Å². The minimum atomic E-state index is 0.373. The van der Waals surface area contributed by atoms with Gasteiger partial charge in [-0.15, -0.1) is 0 Å². The van der Waals surface area contributed by atoms with Crippen LogP contribution in [0.3, 0.4) is 0 Å². The van der Waals surface area contributed by atoms with Crippen LogP contribution in [0.4, 0.5) is 0 Å². The van der Waals surface area contributed by atoms with E-state index in [-0.39, 0.29) is 0 Å². The van der Waals surface area contributed by atoms with Crippen molar-refractivity contribution in [3.8, 4) is 11.5 Å². The fourth-order valence-corrected chi connectivity index (χ4v) is 1.66. The summed E-state index contributed by atoms with van der Waals surface area (Å²) in [6.07, 6.45) is 0. The van der Waals surface area contributed by atoms with Gasteiger partial charge in [0, 0.05) is 6.07 Å². The zero-order valence-corrected chi connectivity index (χ0v) is 10.3. The van der Waals surface area contributed by atoms with Gasteiger partial charge in [-0.1, -0.05) is 46.9 Å². The van der Waals surface area contributed by atoms with E-state index in [4.69, 9.17) is 39.5 Å². The van der Waals surface area contributed by atoms with Gasteiger partial charge in [0.25, 0.3) is 0 Å². The van der Waals surface area contributed by atoms with E-state index >= 15 is 0 Å². The van der Waals surface area contributed by atoms with Gasteiger partial charge in [0.05, 0.1) is 10.0 Å². The van der Waals surface area contributed by atoms with E-state index in [2.05, 4.69) is 6.07 Å². The van der Waals surface area contributed by atoms with Gasteiger partial charge >= 0.3 is 0 Å². The predicted molar refractivity (Wildman–Crippen MR) is 66.8 cm³/mol. The molecule has 0 fully saturated rings. The molecule has 81 valence electrons. The van der Waals surface area contributed by atoms with Crippen LogP contribution in [0.2, 0.25) is 15.1 Å². The summed E-state index contributed by atoms with van der Waals surface area (Å²) in [7, 11) is 0. The molecule has 0 N–H and O–H groups in total. The average Bonchev–Trinajstić information content (AvgIpc) is 2.25. The molecule has 0 aliphatic rings. The SMILES string of the molecule is Clc1[c]c(Oc2cccc(Cl)c2Cl)ccc1. The van der Waals surface area contributed by atoms with E-state index in [9.17, 15) is 0 Å². The molecule has 0 aliphatic heterocycles. The summed E-state index contributed by atoms with van der Waals surface area (Å²) >= 11 is 17.6. The van der Waals surface area contributed by atoms with Crippen molar-refractivity contribution in [2.75, 3.05) is 0 Å². The second-order valence-corrected chi connectivity index (χ2v) is 4.21. The Bertz CT molecular complexity index is 511. The van der Waals surface area contributed by atoms with Gasteiger partial charge < -0.3 is 4.74 Å². The average molecular weight is 273 g/mol. The number of rotatable bonds is 2. The molecule has 0 amide bonds. The van der Waals surface area contributed by atoms with Gasteiger partial charge in [-0.2, -0.15) is 0 Å².